The van der Waals surface area contributed by atoms with Crippen LogP contribution in [0.1, 0.15) is 189 Å². The second kappa shape index (κ2) is 26.6. The number of phenolic OH excluding ortho intramolecular Hbond substituents is 1. The molecular formula is C82H93N3O9S. The Morgan fingerprint density at radius 3 is 2.35 bits per heavy atom. The first-order valence-electron chi connectivity index (χ1n) is 35.1. The van der Waals surface area contributed by atoms with E-state index in [0.29, 0.717) is 80.6 Å². The molecule has 9 aliphatic rings. The van der Waals surface area contributed by atoms with Gasteiger partial charge in [0.1, 0.15) is 17.6 Å². The van der Waals surface area contributed by atoms with E-state index in [-0.39, 0.29) is 66.3 Å². The Kier molecular flexibility index (Phi) is 18.2. The van der Waals surface area contributed by atoms with Gasteiger partial charge in [-0.05, 0) is 222 Å². The lowest BCUT2D eigenvalue weighted by molar-refractivity contribution is -0.177. The standard InChI is InChI=1S/C82H93N3O9S/c1-49(2)16-18-55-23-22-54-13-7-8-15-68(54)72(55)45-76(88)56-24-20-53(21-25-56)60-28-29-63-32-37-74(75(81(63,89)47-60)39-51-10-5-4-6-11-51)82(85-80(83)84)64-30-26-57(27-31-64)78-61-40-62(79-70-35-33-65(87)41-58(70)14-9-12-52(48-86)38-67(43-61)93-79)44-73(78)77(95(90,91)92)46-71-50(3)17-19-59-42-66(94-82)34-36-69(59)71/h4-8,10-11,13,15,20-27,30-31,33-36,41-42,44,49-50,52,60-61,63,67,71,73-79,86-89H,12,16-19,28-29,32,37-40,43,45-48H2,1-3H3,(H4,83,84,85)(H,90,91,92)/t50-,52+,60-,61-,63-,67-,71+,73-,74-,75-,76+,77-,78+,79-,81+,82+/m1/s1. The van der Waals surface area contributed by atoms with Crippen molar-refractivity contribution in [2.75, 3.05) is 6.61 Å². The lowest BCUT2D eigenvalue weighted by Gasteiger charge is -2.57. The van der Waals surface area contributed by atoms with Gasteiger partial charge in [-0.1, -0.05) is 166 Å². The molecule has 5 aliphatic heterocycles. The minimum Gasteiger partial charge on any atom is -0.508 e. The molecule has 0 spiro atoms. The van der Waals surface area contributed by atoms with Crippen LogP contribution >= 0.6 is 0 Å². The highest BCUT2D eigenvalue weighted by molar-refractivity contribution is 7.86. The molecule has 0 radical (unpaired) electrons. The third-order valence-electron chi connectivity index (χ3n) is 23.7. The van der Waals surface area contributed by atoms with Gasteiger partial charge in [0, 0.05) is 53.9 Å². The lowest BCUT2D eigenvalue weighted by atomic mass is 9.53. The van der Waals surface area contributed by atoms with Gasteiger partial charge in [0.15, 0.2) is 5.96 Å². The second-order valence-corrected chi connectivity index (χ2v) is 31.5. The van der Waals surface area contributed by atoms with Crippen molar-refractivity contribution >= 4 is 26.9 Å². The summed E-state index contributed by atoms with van der Waals surface area (Å²) in [6.45, 7) is 6.62. The number of aliphatic hydroxyl groups excluding tert-OH is 2. The van der Waals surface area contributed by atoms with E-state index in [1.807, 2.05) is 18.2 Å². The summed E-state index contributed by atoms with van der Waals surface area (Å²) < 4.78 is 56.1. The number of nitrogens with zero attached hydrogens (tertiary/aromatic N) is 1. The van der Waals surface area contributed by atoms with Crippen LogP contribution in [-0.4, -0.2) is 62.9 Å². The molecule has 0 aromatic heterocycles. The van der Waals surface area contributed by atoms with Crippen LogP contribution in [0, 0.1) is 59.2 Å². The number of fused-ring (bicyclic) bond motifs is 10. The summed E-state index contributed by atoms with van der Waals surface area (Å²) in [5, 5.41) is 49.2. The second-order valence-electron chi connectivity index (χ2n) is 29.9. The summed E-state index contributed by atoms with van der Waals surface area (Å²) in [5.74, 6) is 5.06. The highest BCUT2D eigenvalue weighted by Gasteiger charge is 2.60. The van der Waals surface area contributed by atoms with Gasteiger partial charge in [-0.2, -0.15) is 8.42 Å². The molecule has 0 amide bonds. The SMILES string of the molecule is CC(C)CCc1ccc2ccccc2c1C[C@H](O)c1ccc([C@@H]2CC[C@@H]3CC[C@@H]([C@@]4(N=C(N)N)Oc5ccc6c(c5)CC[C@@H](C)[C@@H]6C[C@@H](S(=O)(=O)O)[C@H]5C=C6C[C@H](C[C@H]7C[C@@H](CO)CC#Cc8cc(O)ccc8[C@@H]6O7)[C@@H]5c5ccc4cc5)[C@@H](Cc4ccccc4)[C@]3(O)C2)cc1. The van der Waals surface area contributed by atoms with E-state index in [9.17, 15) is 33.4 Å². The van der Waals surface area contributed by atoms with Crippen molar-refractivity contribution in [1.29, 1.82) is 0 Å². The highest BCUT2D eigenvalue weighted by Crippen LogP contribution is 2.60. The van der Waals surface area contributed by atoms with E-state index in [2.05, 4.69) is 160 Å². The van der Waals surface area contributed by atoms with Crippen LogP contribution in [0.15, 0.2) is 168 Å². The normalized spacial score (nSPS) is 30.5. The van der Waals surface area contributed by atoms with Crippen LogP contribution in [0.2, 0.25) is 0 Å². The number of phenols is 1. The molecular weight excluding hydrogens is 1200 g/mol. The molecule has 4 aliphatic carbocycles. The number of aromatic hydroxyl groups is 1. The molecule has 496 valence electrons. The third kappa shape index (κ3) is 12.9. The Hall–Kier alpha value is -7.28. The number of guanidine groups is 1. The molecule has 16 rings (SSSR count). The summed E-state index contributed by atoms with van der Waals surface area (Å²) in [6, 6.07) is 51.5. The number of ether oxygens (including phenoxy) is 2. The first-order chi connectivity index (χ1) is 45.8. The minimum atomic E-state index is -4.73. The number of hydrogen-bond acceptors (Lipinski definition) is 9. The molecule has 12 nitrogen and oxygen atoms in total. The summed E-state index contributed by atoms with van der Waals surface area (Å²) in [5.41, 5.74) is 22.3. The molecule has 0 unspecified atom stereocenters. The van der Waals surface area contributed by atoms with Gasteiger partial charge < -0.3 is 41.4 Å². The number of allylic oxidation sites excluding steroid dienone is 1. The fraction of sp³-hybridized carbons (Fsp3) is 0.451. The molecule has 1 saturated heterocycles. The Bertz CT molecular complexity index is 4200. The van der Waals surface area contributed by atoms with E-state index < -0.39 is 62.6 Å². The molecule has 13 heteroatoms. The van der Waals surface area contributed by atoms with Gasteiger partial charge in [0.2, 0.25) is 5.72 Å². The van der Waals surface area contributed by atoms with Gasteiger partial charge in [0.05, 0.1) is 23.1 Å². The largest absolute Gasteiger partial charge is 0.508 e. The van der Waals surface area contributed by atoms with Crippen molar-refractivity contribution in [3.05, 3.63) is 225 Å². The van der Waals surface area contributed by atoms with Crippen molar-refractivity contribution in [3.8, 4) is 23.3 Å². The zero-order valence-electron chi connectivity index (χ0n) is 55.1. The van der Waals surface area contributed by atoms with E-state index in [1.54, 1.807) is 12.1 Å². The average Bonchev–Trinajstić information content (AvgIpc) is 1.46. The van der Waals surface area contributed by atoms with E-state index in [4.69, 9.17) is 25.9 Å². The van der Waals surface area contributed by atoms with Gasteiger partial charge in [-0.3, -0.25) is 4.55 Å². The van der Waals surface area contributed by atoms with Gasteiger partial charge in [0.25, 0.3) is 10.1 Å². The monoisotopic (exact) mass is 1300 g/mol. The van der Waals surface area contributed by atoms with Crippen molar-refractivity contribution in [2.45, 2.75) is 176 Å². The molecule has 95 heavy (non-hydrogen) atoms. The number of rotatable bonds is 13. The first-order valence-corrected chi connectivity index (χ1v) is 36.6. The van der Waals surface area contributed by atoms with Gasteiger partial charge in [-0.15, -0.1) is 0 Å². The van der Waals surface area contributed by atoms with Crippen LogP contribution in [-0.2, 0) is 46.3 Å². The van der Waals surface area contributed by atoms with E-state index >= 15 is 0 Å². The smallest absolute Gasteiger partial charge is 0.268 e. The molecule has 3 fully saturated rings. The van der Waals surface area contributed by atoms with Gasteiger partial charge in [-0.25, -0.2) is 4.99 Å². The van der Waals surface area contributed by atoms with Crippen LogP contribution in [0.25, 0.3) is 10.8 Å². The molecule has 16 atom stereocenters. The maximum atomic E-state index is 14.6. The van der Waals surface area contributed by atoms with Crippen LogP contribution in [0.3, 0.4) is 0 Å². The minimum absolute atomic E-state index is 0.00965. The van der Waals surface area contributed by atoms with Crippen LogP contribution in [0.4, 0.5) is 0 Å². The Balaban J connectivity index is 0.871. The molecule has 7 aromatic carbocycles. The van der Waals surface area contributed by atoms with Crippen molar-refractivity contribution in [1.82, 2.24) is 0 Å². The summed E-state index contributed by atoms with van der Waals surface area (Å²) in [6.07, 6.45) is 10.8. The third-order valence-corrected chi connectivity index (χ3v) is 25.0. The van der Waals surface area contributed by atoms with E-state index in [1.165, 1.54) is 21.9 Å². The highest BCUT2D eigenvalue weighted by atomic mass is 32.2. The molecule has 9 N–H and O–H groups in total. The maximum Gasteiger partial charge on any atom is 0.268 e. The quantitative estimate of drug-likeness (QED) is 0.0189. The van der Waals surface area contributed by atoms with Crippen LogP contribution < -0.4 is 16.2 Å². The average molecular weight is 1300 g/mol. The van der Waals surface area contributed by atoms with Crippen molar-refractivity contribution in [3.63, 3.8) is 0 Å². The predicted octanol–water partition coefficient (Wildman–Crippen LogP) is 14.8. The van der Waals surface area contributed by atoms with Crippen LogP contribution in [0.5, 0.6) is 11.5 Å². The molecule has 10 bridgehead atoms. The number of aryl methyl sites for hydroxylation is 2. The zero-order chi connectivity index (χ0) is 65.9. The number of nitrogens with two attached hydrogens (primary N) is 2. The number of benzene rings is 7. The van der Waals surface area contributed by atoms with Gasteiger partial charge >= 0.3 is 0 Å². The molecule has 5 heterocycles. The van der Waals surface area contributed by atoms with Crippen molar-refractivity contribution < 1.29 is 42.9 Å². The van der Waals surface area contributed by atoms with E-state index in [0.717, 1.165) is 83.0 Å². The fourth-order valence-electron chi connectivity index (χ4n) is 19.0. The maximum absolute atomic E-state index is 14.6. The molecule has 7 aromatic rings. The Morgan fingerprint density at radius 2 is 1.58 bits per heavy atom. The topological polar surface area (TPSA) is 218 Å². The first kappa shape index (κ1) is 65.0. The number of hydrogen-bond donors (Lipinski definition) is 7. The summed E-state index contributed by atoms with van der Waals surface area (Å²) >= 11 is 0. The number of aliphatic hydroxyl groups is 3. The Labute approximate surface area is 561 Å². The van der Waals surface area contributed by atoms with Crippen molar-refractivity contribution in [2.24, 2.45) is 63.8 Å². The zero-order valence-corrected chi connectivity index (χ0v) is 55.9. The number of aliphatic imine (C=N–C) groups is 1. The summed E-state index contributed by atoms with van der Waals surface area (Å²) in [7, 11) is -4.73. The summed E-state index contributed by atoms with van der Waals surface area (Å²) in [4.78, 5) is 5.39. The molecule has 2 saturated carbocycles. The fourth-order valence-corrected chi connectivity index (χ4v) is 20.1. The predicted molar refractivity (Wildman–Crippen MR) is 374 cm³/mol. The lowest BCUT2D eigenvalue weighted by Crippen LogP contribution is -2.60. The Morgan fingerprint density at radius 1 is 0.821 bits per heavy atom.